The smallest absolute Gasteiger partial charge is 0.300 e. The Balaban J connectivity index is 0.000000155. The maximum Gasteiger partial charge on any atom is 0.300 e. The van der Waals surface area contributed by atoms with E-state index in [-0.39, 0.29) is 17.4 Å². The molecule has 0 aromatic carbocycles. The number of amides is 2. The van der Waals surface area contributed by atoms with Crippen molar-refractivity contribution in [2.75, 3.05) is 110 Å². The Hall–Kier alpha value is -8.02. The maximum atomic E-state index is 13.7. The van der Waals surface area contributed by atoms with Gasteiger partial charge in [-0.2, -0.15) is 20.2 Å². The summed E-state index contributed by atoms with van der Waals surface area (Å²) in [5.74, 6) is 1.23. The molecule has 4 fully saturated rings. The number of anilines is 6. The van der Waals surface area contributed by atoms with Gasteiger partial charge in [0.25, 0.3) is 23.8 Å². The monoisotopic (exact) mass is 949 g/mol. The third kappa shape index (κ3) is 9.15. The molecule has 0 bridgehead atoms. The normalized spacial score (nSPS) is 16.6. The number of morpholine rings is 2. The van der Waals surface area contributed by atoms with Crippen LogP contribution in [0.25, 0.3) is 45.0 Å². The quantitative estimate of drug-likeness (QED) is 0.150. The molecular weight excluding hydrogens is 899 g/mol. The zero-order valence-corrected chi connectivity index (χ0v) is 38.9. The largest absolute Gasteiger partial charge is 0.422 e. The molecule has 0 atom stereocenters. The van der Waals surface area contributed by atoms with Gasteiger partial charge in [-0.05, 0) is 43.7 Å². The van der Waals surface area contributed by atoms with Gasteiger partial charge in [-0.1, -0.05) is 12.1 Å². The summed E-state index contributed by atoms with van der Waals surface area (Å²) < 4.78 is 26.2. The van der Waals surface area contributed by atoms with E-state index in [0.29, 0.717) is 127 Å². The SMILES string of the molecule is CNc1nc2nc(N3CCOCC3)oc2cc1C(=O)Nc1cccc(-c2cnn(C)c2)n1.Cn1cc(-c2cccc(NC(=O)c3cc4oc(N5CCOCC5)nc4nc3N3CC4(CCCN4)C3)n2)cn1. The zero-order chi connectivity index (χ0) is 47.8. The molecule has 23 nitrogen and oxygen atoms in total. The van der Waals surface area contributed by atoms with Gasteiger partial charge in [0, 0.05) is 96.1 Å². The van der Waals surface area contributed by atoms with E-state index in [2.05, 4.69) is 61.3 Å². The molecule has 12 heterocycles. The minimum atomic E-state index is -0.357. The van der Waals surface area contributed by atoms with Crippen molar-refractivity contribution in [3.63, 3.8) is 0 Å². The minimum absolute atomic E-state index is 0.104. The van der Waals surface area contributed by atoms with Crippen molar-refractivity contribution in [2.24, 2.45) is 14.1 Å². The van der Waals surface area contributed by atoms with E-state index in [1.165, 1.54) is 6.42 Å². The first-order valence-corrected chi connectivity index (χ1v) is 23.2. The van der Waals surface area contributed by atoms with Crippen LogP contribution in [0.1, 0.15) is 33.6 Å². The van der Waals surface area contributed by atoms with Gasteiger partial charge in [0.05, 0.1) is 66.9 Å². The standard InChI is InChI=1S/C26H29N9O3.C21H22N8O3/c1-33-14-17(13-28-33)19-4-2-5-21(29-19)30-24(36)18-12-20-22(32-25(38-20)34-8-10-37-11-9-34)31-23(18)35-15-26(16-35)6-3-7-27-26;1-22-18-14(10-16-19(26-18)27-21(32-16)29-6-8-31-9-7-29)20(30)25-17-5-3-4-15(24-17)13-11-23-28(2)12-13/h2,4-5,12-14,27H,3,6-11,15-16H2,1H3,(H,29,30,36);3-5,10-12H,6-9H2,1-2H3,(H,22,26)(H,24,25,30). The summed E-state index contributed by atoms with van der Waals surface area (Å²) in [6.07, 6.45) is 9.51. The predicted molar refractivity (Wildman–Crippen MR) is 260 cm³/mol. The molecule has 8 aromatic heterocycles. The molecule has 4 saturated heterocycles. The molecule has 360 valence electrons. The summed E-state index contributed by atoms with van der Waals surface area (Å²) in [5.41, 5.74) is 5.89. The molecule has 0 saturated carbocycles. The van der Waals surface area contributed by atoms with Crippen molar-refractivity contribution < 1.29 is 27.9 Å². The second-order valence-corrected chi connectivity index (χ2v) is 17.5. The molecule has 4 N–H and O–H groups in total. The number of carbonyl (C=O) groups is 2. The number of hydrogen-bond donors (Lipinski definition) is 4. The van der Waals surface area contributed by atoms with E-state index >= 15 is 0 Å². The molecule has 4 aliphatic rings. The van der Waals surface area contributed by atoms with Crippen molar-refractivity contribution in [3.05, 3.63) is 84.4 Å². The van der Waals surface area contributed by atoms with E-state index in [0.717, 1.165) is 42.9 Å². The van der Waals surface area contributed by atoms with Crippen LogP contribution in [0.4, 0.5) is 35.3 Å². The van der Waals surface area contributed by atoms with Gasteiger partial charge >= 0.3 is 0 Å². The Morgan fingerprint density at radius 3 is 1.69 bits per heavy atom. The zero-order valence-electron chi connectivity index (χ0n) is 38.9. The van der Waals surface area contributed by atoms with Crippen LogP contribution in [0.5, 0.6) is 0 Å². The first-order valence-electron chi connectivity index (χ1n) is 23.2. The van der Waals surface area contributed by atoms with Gasteiger partial charge in [-0.25, -0.2) is 19.9 Å². The van der Waals surface area contributed by atoms with Crippen LogP contribution in [0.3, 0.4) is 0 Å². The summed E-state index contributed by atoms with van der Waals surface area (Å²) >= 11 is 0. The van der Waals surface area contributed by atoms with Gasteiger partial charge in [0.1, 0.15) is 23.3 Å². The van der Waals surface area contributed by atoms with Gasteiger partial charge < -0.3 is 54.3 Å². The highest BCUT2D eigenvalue weighted by Gasteiger charge is 2.46. The lowest BCUT2D eigenvalue weighted by Crippen LogP contribution is -2.67. The fourth-order valence-electron chi connectivity index (χ4n) is 9.02. The molecule has 0 unspecified atom stereocenters. The number of ether oxygens (including phenoxy) is 2. The average molecular weight is 950 g/mol. The molecule has 70 heavy (non-hydrogen) atoms. The van der Waals surface area contributed by atoms with Crippen molar-refractivity contribution in [2.45, 2.75) is 18.4 Å². The van der Waals surface area contributed by atoms with Gasteiger partial charge in [-0.15, -0.1) is 0 Å². The van der Waals surface area contributed by atoms with E-state index in [9.17, 15) is 9.59 Å². The number of aryl methyl sites for hydroxylation is 2. The Morgan fingerprint density at radius 2 is 1.19 bits per heavy atom. The van der Waals surface area contributed by atoms with Gasteiger partial charge in [0.2, 0.25) is 11.3 Å². The summed E-state index contributed by atoms with van der Waals surface area (Å²) in [5, 5.41) is 20.8. The number of aromatic nitrogens is 10. The summed E-state index contributed by atoms with van der Waals surface area (Å²) in [6, 6.07) is 15.3. The Kier molecular flexibility index (Phi) is 12.0. The van der Waals surface area contributed by atoms with Crippen molar-refractivity contribution in [3.8, 4) is 22.5 Å². The van der Waals surface area contributed by atoms with Crippen LogP contribution in [-0.4, -0.2) is 146 Å². The van der Waals surface area contributed by atoms with Crippen LogP contribution in [-0.2, 0) is 23.6 Å². The first kappa shape index (κ1) is 44.5. The second-order valence-electron chi connectivity index (χ2n) is 17.5. The van der Waals surface area contributed by atoms with E-state index in [1.807, 2.05) is 60.6 Å². The lowest BCUT2D eigenvalue weighted by Gasteiger charge is -2.49. The van der Waals surface area contributed by atoms with E-state index in [4.69, 9.17) is 23.3 Å². The van der Waals surface area contributed by atoms with Crippen LogP contribution >= 0.6 is 0 Å². The average Bonchev–Trinajstić information content (AvgIpc) is 4.25. The van der Waals surface area contributed by atoms with E-state index in [1.54, 1.807) is 53.1 Å². The first-order chi connectivity index (χ1) is 34.2. The van der Waals surface area contributed by atoms with Crippen LogP contribution in [0.15, 0.2) is 82.2 Å². The van der Waals surface area contributed by atoms with Crippen LogP contribution in [0, 0.1) is 0 Å². The molecule has 23 heteroatoms. The second kappa shape index (κ2) is 18.8. The van der Waals surface area contributed by atoms with Crippen LogP contribution in [0.2, 0.25) is 0 Å². The highest BCUT2D eigenvalue weighted by molar-refractivity contribution is 6.09. The lowest BCUT2D eigenvalue weighted by atomic mass is 9.88. The fourth-order valence-corrected chi connectivity index (χ4v) is 9.02. The number of nitrogens with zero attached hydrogens (tertiary/aromatic N) is 13. The Bertz CT molecular complexity index is 3190. The molecule has 0 aliphatic carbocycles. The number of carbonyl (C=O) groups excluding carboxylic acids is 2. The number of oxazole rings is 2. The number of hydrogen-bond acceptors (Lipinski definition) is 19. The molecular formula is C47H51N17O6. The summed E-state index contributed by atoms with van der Waals surface area (Å²) in [4.78, 5) is 60.5. The molecule has 0 radical (unpaired) electrons. The van der Waals surface area contributed by atoms with Crippen molar-refractivity contribution in [1.29, 1.82) is 0 Å². The topological polar surface area (TPSA) is 250 Å². The molecule has 4 aliphatic heterocycles. The fraction of sp³-hybridized carbons (Fsp3) is 0.362. The van der Waals surface area contributed by atoms with Crippen molar-refractivity contribution in [1.82, 2.24) is 54.8 Å². The van der Waals surface area contributed by atoms with Gasteiger partial charge in [0.15, 0.2) is 11.2 Å². The third-order valence-corrected chi connectivity index (χ3v) is 12.6. The Morgan fingerprint density at radius 1 is 0.657 bits per heavy atom. The third-order valence-electron chi connectivity index (χ3n) is 12.6. The molecule has 12 rings (SSSR count). The number of rotatable bonds is 10. The summed E-state index contributed by atoms with van der Waals surface area (Å²) in [7, 11) is 5.40. The van der Waals surface area contributed by atoms with Gasteiger partial charge in [-0.3, -0.25) is 19.0 Å². The molecule has 1 spiro atoms. The number of nitrogens with one attached hydrogen (secondary N) is 4. The lowest BCUT2D eigenvalue weighted by molar-refractivity contribution is 0.101. The highest BCUT2D eigenvalue weighted by atomic mass is 16.5. The molecule has 2 amide bonds. The minimum Gasteiger partial charge on any atom is -0.422 e. The van der Waals surface area contributed by atoms with Crippen LogP contribution < -0.4 is 36.0 Å². The molecule has 8 aromatic rings. The maximum absolute atomic E-state index is 13.7. The number of pyridine rings is 4. The Labute approximate surface area is 400 Å². The number of fused-ring (bicyclic) bond motifs is 2. The van der Waals surface area contributed by atoms with Crippen molar-refractivity contribution >= 4 is 69.6 Å². The predicted octanol–water partition coefficient (Wildman–Crippen LogP) is 4.20. The summed E-state index contributed by atoms with van der Waals surface area (Å²) in [6.45, 7) is 7.90. The van der Waals surface area contributed by atoms with E-state index < -0.39 is 0 Å². The highest BCUT2D eigenvalue weighted by Crippen LogP contribution is 2.37.